The van der Waals surface area contributed by atoms with Crippen LogP contribution in [0, 0.1) is 5.92 Å². The minimum absolute atomic E-state index is 0.133. The molecule has 1 atom stereocenters. The van der Waals surface area contributed by atoms with Gasteiger partial charge in [-0.2, -0.15) is 0 Å². The molecule has 0 aromatic heterocycles. The fourth-order valence-corrected chi connectivity index (χ4v) is 2.62. The highest BCUT2D eigenvalue weighted by Crippen LogP contribution is 2.42. The summed E-state index contributed by atoms with van der Waals surface area (Å²) < 4.78 is 11.0. The van der Waals surface area contributed by atoms with Gasteiger partial charge in [0.2, 0.25) is 0 Å². The number of rotatable bonds is 4. The monoisotopic (exact) mass is 244 g/mol. The third kappa shape index (κ3) is 3.07. The van der Waals surface area contributed by atoms with E-state index in [2.05, 4.69) is 33.9 Å². The standard InChI is InChI=1S/C12H24O3Si/c1-12(2,3)16(5,6)15-10(9-7-8-9)11(13)14-4/h9-10H,7-8H2,1-6H3/t10-/m1/s1. The zero-order valence-electron chi connectivity index (χ0n) is 11.3. The highest BCUT2D eigenvalue weighted by Gasteiger charge is 2.46. The lowest BCUT2D eigenvalue weighted by Gasteiger charge is -2.38. The summed E-state index contributed by atoms with van der Waals surface area (Å²) in [6.45, 7) is 10.9. The Morgan fingerprint density at radius 2 is 1.81 bits per heavy atom. The van der Waals surface area contributed by atoms with Crippen LogP contribution >= 0.6 is 0 Å². The molecule has 1 rings (SSSR count). The average molecular weight is 244 g/mol. The molecule has 1 aliphatic carbocycles. The van der Waals surface area contributed by atoms with Crippen LogP contribution in [0.25, 0.3) is 0 Å². The first-order valence-electron chi connectivity index (χ1n) is 5.94. The SMILES string of the molecule is COC(=O)[C@H](O[Si](C)(C)C(C)(C)C)C1CC1. The van der Waals surface area contributed by atoms with Gasteiger partial charge >= 0.3 is 5.97 Å². The van der Waals surface area contributed by atoms with Crippen LogP contribution in [-0.4, -0.2) is 27.5 Å². The van der Waals surface area contributed by atoms with Gasteiger partial charge in [0, 0.05) is 0 Å². The highest BCUT2D eigenvalue weighted by atomic mass is 28.4. The van der Waals surface area contributed by atoms with Crippen molar-refractivity contribution in [3.8, 4) is 0 Å². The minimum atomic E-state index is -1.87. The molecule has 94 valence electrons. The fraction of sp³-hybridized carbons (Fsp3) is 0.917. The van der Waals surface area contributed by atoms with E-state index in [0.29, 0.717) is 5.92 Å². The van der Waals surface area contributed by atoms with Gasteiger partial charge in [0.15, 0.2) is 8.32 Å². The molecule has 4 heteroatoms. The van der Waals surface area contributed by atoms with Crippen molar-refractivity contribution in [2.45, 2.75) is 57.8 Å². The third-order valence-corrected chi connectivity index (χ3v) is 8.17. The second kappa shape index (κ2) is 4.49. The Morgan fingerprint density at radius 1 is 1.31 bits per heavy atom. The van der Waals surface area contributed by atoms with Crippen molar-refractivity contribution in [3.05, 3.63) is 0 Å². The maximum absolute atomic E-state index is 11.7. The summed E-state index contributed by atoms with van der Waals surface area (Å²) in [6.07, 6.45) is 1.86. The molecule has 0 unspecified atom stereocenters. The van der Waals surface area contributed by atoms with Gasteiger partial charge in [-0.05, 0) is 36.9 Å². The molecular formula is C12H24O3Si. The Morgan fingerprint density at radius 3 is 2.12 bits per heavy atom. The van der Waals surface area contributed by atoms with Gasteiger partial charge in [-0.15, -0.1) is 0 Å². The van der Waals surface area contributed by atoms with Crippen LogP contribution in [-0.2, 0) is 14.0 Å². The van der Waals surface area contributed by atoms with E-state index >= 15 is 0 Å². The summed E-state index contributed by atoms with van der Waals surface area (Å²) in [5, 5.41) is 0.133. The van der Waals surface area contributed by atoms with Gasteiger partial charge in [0.1, 0.15) is 6.10 Å². The summed E-state index contributed by atoms with van der Waals surface area (Å²) >= 11 is 0. The molecule has 1 fully saturated rings. The zero-order chi connectivity index (χ0) is 12.6. The van der Waals surface area contributed by atoms with Crippen molar-refractivity contribution in [2.24, 2.45) is 5.92 Å². The first kappa shape index (κ1) is 13.7. The third-order valence-electron chi connectivity index (χ3n) is 3.71. The van der Waals surface area contributed by atoms with Crippen LogP contribution in [0.5, 0.6) is 0 Å². The Hall–Kier alpha value is -0.353. The molecule has 0 heterocycles. The van der Waals surface area contributed by atoms with E-state index in [9.17, 15) is 4.79 Å². The van der Waals surface area contributed by atoms with E-state index in [1.54, 1.807) is 0 Å². The van der Waals surface area contributed by atoms with Crippen molar-refractivity contribution >= 4 is 14.3 Å². The number of carbonyl (C=O) groups is 1. The predicted octanol–water partition coefficient (Wildman–Crippen LogP) is 2.96. The summed E-state index contributed by atoms with van der Waals surface area (Å²) in [5.74, 6) is 0.189. The van der Waals surface area contributed by atoms with Gasteiger partial charge in [-0.3, -0.25) is 0 Å². The van der Waals surface area contributed by atoms with Gasteiger partial charge in [0.25, 0.3) is 0 Å². The molecule has 0 amide bonds. The summed E-state index contributed by atoms with van der Waals surface area (Å²) in [5.41, 5.74) is 0. The highest BCUT2D eigenvalue weighted by molar-refractivity contribution is 6.74. The van der Waals surface area contributed by atoms with E-state index in [4.69, 9.17) is 9.16 Å². The van der Waals surface area contributed by atoms with Gasteiger partial charge < -0.3 is 9.16 Å². The molecule has 1 aliphatic rings. The Bertz CT molecular complexity index is 264. The van der Waals surface area contributed by atoms with E-state index in [1.807, 2.05) is 0 Å². The smallest absolute Gasteiger partial charge is 0.334 e. The van der Waals surface area contributed by atoms with E-state index in [1.165, 1.54) is 7.11 Å². The number of esters is 1. The fourth-order valence-electron chi connectivity index (χ4n) is 1.35. The van der Waals surface area contributed by atoms with Crippen molar-refractivity contribution in [1.29, 1.82) is 0 Å². The molecule has 0 N–H and O–H groups in total. The molecule has 0 bridgehead atoms. The number of hydrogen-bond acceptors (Lipinski definition) is 3. The molecule has 0 radical (unpaired) electrons. The van der Waals surface area contributed by atoms with Crippen LogP contribution in [0.4, 0.5) is 0 Å². The number of hydrogen-bond donors (Lipinski definition) is 0. The summed E-state index contributed by atoms with van der Waals surface area (Å²) in [4.78, 5) is 11.7. The molecule has 0 saturated heterocycles. The quantitative estimate of drug-likeness (QED) is 0.563. The lowest BCUT2D eigenvalue weighted by molar-refractivity contribution is -0.150. The van der Waals surface area contributed by atoms with Crippen LogP contribution in [0.3, 0.4) is 0 Å². The van der Waals surface area contributed by atoms with Crippen LogP contribution < -0.4 is 0 Å². The summed E-state index contributed by atoms with van der Waals surface area (Å²) in [6, 6.07) is 0. The molecule has 1 saturated carbocycles. The molecule has 0 spiro atoms. The van der Waals surface area contributed by atoms with Gasteiger partial charge in [-0.25, -0.2) is 4.79 Å². The second-order valence-corrected chi connectivity index (χ2v) is 10.9. The first-order chi connectivity index (χ1) is 7.19. The van der Waals surface area contributed by atoms with Crippen molar-refractivity contribution in [1.82, 2.24) is 0 Å². The average Bonchev–Trinajstić information content (AvgIpc) is 2.94. The zero-order valence-corrected chi connectivity index (χ0v) is 12.3. The molecule has 16 heavy (non-hydrogen) atoms. The van der Waals surface area contributed by atoms with Gasteiger partial charge in [-0.1, -0.05) is 20.8 Å². The minimum Gasteiger partial charge on any atom is -0.467 e. The normalized spacial score (nSPS) is 19.4. The Kier molecular flexibility index (Phi) is 3.85. The first-order valence-corrected chi connectivity index (χ1v) is 8.85. The number of carbonyl (C=O) groups excluding carboxylic acids is 1. The molecular weight excluding hydrogens is 220 g/mol. The molecule has 0 aromatic rings. The number of ether oxygens (including phenoxy) is 1. The van der Waals surface area contributed by atoms with Gasteiger partial charge in [0.05, 0.1) is 7.11 Å². The lowest BCUT2D eigenvalue weighted by atomic mass is 10.2. The van der Waals surface area contributed by atoms with E-state index < -0.39 is 8.32 Å². The van der Waals surface area contributed by atoms with Crippen LogP contribution in [0.1, 0.15) is 33.6 Å². The maximum atomic E-state index is 11.7. The van der Waals surface area contributed by atoms with E-state index in [0.717, 1.165) is 12.8 Å². The lowest BCUT2D eigenvalue weighted by Crippen LogP contribution is -2.47. The van der Waals surface area contributed by atoms with Crippen LogP contribution in [0.15, 0.2) is 0 Å². The maximum Gasteiger partial charge on any atom is 0.334 e. The predicted molar refractivity (Wildman–Crippen MR) is 66.8 cm³/mol. The Labute approximate surface area is 99.6 Å². The second-order valence-electron chi connectivity index (χ2n) is 6.16. The van der Waals surface area contributed by atoms with Crippen molar-refractivity contribution in [3.63, 3.8) is 0 Å². The molecule has 0 aromatic carbocycles. The topological polar surface area (TPSA) is 35.5 Å². The summed E-state index contributed by atoms with van der Waals surface area (Å²) in [7, 11) is -0.433. The molecule has 0 aliphatic heterocycles. The largest absolute Gasteiger partial charge is 0.467 e. The van der Waals surface area contributed by atoms with Crippen molar-refractivity contribution in [2.75, 3.05) is 7.11 Å². The van der Waals surface area contributed by atoms with E-state index in [-0.39, 0.29) is 17.1 Å². The van der Waals surface area contributed by atoms with Crippen molar-refractivity contribution < 1.29 is 14.0 Å². The number of methoxy groups -OCH3 is 1. The van der Waals surface area contributed by atoms with Crippen LogP contribution in [0.2, 0.25) is 18.1 Å². The Balaban J connectivity index is 2.71. The molecule has 3 nitrogen and oxygen atoms in total.